The summed E-state index contributed by atoms with van der Waals surface area (Å²) in [5.74, 6) is 0. The van der Waals surface area contributed by atoms with Gasteiger partial charge in [0, 0.05) is 13.1 Å². The molecule has 0 heterocycles. The fourth-order valence-corrected chi connectivity index (χ4v) is 0.449. The van der Waals surface area contributed by atoms with Crippen LogP contribution in [-0.2, 0) is 0 Å². The number of nitrogens with zero attached hydrogens (tertiary/aromatic N) is 1. The Labute approximate surface area is 50.4 Å². The Morgan fingerprint density at radius 2 is 2.29 bits per heavy atom. The van der Waals surface area contributed by atoms with E-state index >= 15 is 0 Å². The van der Waals surface area contributed by atoms with E-state index in [4.69, 9.17) is 11.8 Å². The van der Waals surface area contributed by atoms with Gasteiger partial charge in [-0.05, 0) is 18.2 Å². The molecule has 0 saturated heterocycles. The van der Waals surface area contributed by atoms with Crippen LogP contribution in [-0.4, -0.2) is 17.5 Å². The molecule has 0 aliphatic heterocycles. The van der Waals surface area contributed by atoms with E-state index in [0.29, 0.717) is 0 Å². The average molecular weight is 121 g/mol. The highest BCUT2D eigenvalue weighted by Gasteiger charge is 1.89. The van der Waals surface area contributed by atoms with Crippen molar-refractivity contribution in [1.82, 2.24) is 4.42 Å². The summed E-state index contributed by atoms with van der Waals surface area (Å²) < 4.78 is 1.72. The molecule has 0 saturated carbocycles. The van der Waals surface area contributed by atoms with Crippen LogP contribution in [0.3, 0.4) is 0 Å². The maximum absolute atomic E-state index is 5.56. The minimum absolute atomic E-state index is 0.886. The zero-order valence-electron chi connectivity index (χ0n) is 4.65. The van der Waals surface area contributed by atoms with Gasteiger partial charge in [0.1, 0.15) is 0 Å². The summed E-state index contributed by atoms with van der Waals surface area (Å²) in [7, 11) is 0. The second kappa shape index (κ2) is 4.41. The van der Waals surface area contributed by atoms with E-state index in [1.165, 1.54) is 0 Å². The third kappa shape index (κ3) is 4.10. The van der Waals surface area contributed by atoms with Crippen molar-refractivity contribution in [2.75, 3.05) is 13.1 Å². The van der Waals surface area contributed by atoms with Crippen molar-refractivity contribution in [2.45, 2.75) is 13.3 Å². The highest BCUT2D eigenvalue weighted by molar-refractivity contribution is 6.13. The highest BCUT2D eigenvalue weighted by atomic mass is 35.5. The van der Waals surface area contributed by atoms with Gasteiger partial charge in [-0.3, -0.25) is 0 Å². The molecule has 0 fully saturated rings. The first-order valence-corrected chi connectivity index (χ1v) is 2.85. The van der Waals surface area contributed by atoms with E-state index in [-0.39, 0.29) is 0 Å². The lowest BCUT2D eigenvalue weighted by molar-refractivity contribution is 0.487. The Bertz CT molecular complexity index is 39.1. The van der Waals surface area contributed by atoms with E-state index in [0.717, 1.165) is 19.5 Å². The highest BCUT2D eigenvalue weighted by Crippen LogP contribution is 1.92. The van der Waals surface area contributed by atoms with Crippen molar-refractivity contribution in [3.8, 4) is 0 Å². The van der Waals surface area contributed by atoms with Crippen molar-refractivity contribution in [2.24, 2.45) is 0 Å². The maximum atomic E-state index is 5.56. The monoisotopic (exact) mass is 120 g/mol. The Morgan fingerprint density at radius 3 is 2.43 bits per heavy atom. The smallest absolute Gasteiger partial charge is 0.0138 e. The molecule has 0 unspecified atom stereocenters. The van der Waals surface area contributed by atoms with Gasteiger partial charge < -0.3 is 0 Å². The largest absolute Gasteiger partial charge is 0.220 e. The standard InChI is InChI=1S/C5H11ClN/c1-3-5-7(6)4-2/h1,3-5H2,2H3. The molecule has 0 aromatic carbocycles. The fourth-order valence-electron chi connectivity index (χ4n) is 0.330. The first kappa shape index (κ1) is 7.25. The summed E-state index contributed by atoms with van der Waals surface area (Å²) in [6.45, 7) is 7.45. The van der Waals surface area contributed by atoms with Crippen LogP contribution in [0.2, 0.25) is 0 Å². The van der Waals surface area contributed by atoms with Gasteiger partial charge in [-0.1, -0.05) is 13.8 Å². The van der Waals surface area contributed by atoms with Crippen LogP contribution < -0.4 is 0 Å². The summed E-state index contributed by atoms with van der Waals surface area (Å²) in [5, 5.41) is 0. The summed E-state index contributed by atoms with van der Waals surface area (Å²) >= 11 is 5.56. The lowest BCUT2D eigenvalue weighted by Gasteiger charge is -2.06. The van der Waals surface area contributed by atoms with Crippen LogP contribution in [0, 0.1) is 6.92 Å². The van der Waals surface area contributed by atoms with Crippen molar-refractivity contribution in [3.63, 3.8) is 0 Å². The molecule has 0 bridgehead atoms. The van der Waals surface area contributed by atoms with Crippen molar-refractivity contribution >= 4 is 11.8 Å². The van der Waals surface area contributed by atoms with E-state index in [9.17, 15) is 0 Å². The zero-order valence-corrected chi connectivity index (χ0v) is 5.41. The van der Waals surface area contributed by atoms with Crippen LogP contribution >= 0.6 is 11.8 Å². The minimum Gasteiger partial charge on any atom is -0.220 e. The third-order valence-corrected chi connectivity index (χ3v) is 1.15. The third-order valence-electron chi connectivity index (χ3n) is 0.744. The van der Waals surface area contributed by atoms with Gasteiger partial charge in [0.2, 0.25) is 0 Å². The molecule has 2 heteroatoms. The quantitative estimate of drug-likeness (QED) is 0.513. The van der Waals surface area contributed by atoms with Crippen molar-refractivity contribution in [1.29, 1.82) is 0 Å². The van der Waals surface area contributed by atoms with Crippen LogP contribution in [0.25, 0.3) is 0 Å². The molecule has 0 aliphatic carbocycles. The van der Waals surface area contributed by atoms with Crippen LogP contribution in [0.1, 0.15) is 13.3 Å². The topological polar surface area (TPSA) is 3.24 Å². The number of halogens is 1. The molecule has 0 aromatic rings. The van der Waals surface area contributed by atoms with E-state index in [1.54, 1.807) is 4.42 Å². The molecule has 0 aliphatic rings. The molecule has 0 N–H and O–H groups in total. The minimum atomic E-state index is 0.886. The molecule has 0 amide bonds. The molecule has 1 radical (unpaired) electrons. The van der Waals surface area contributed by atoms with E-state index < -0.39 is 0 Å². The molecule has 1 nitrogen and oxygen atoms in total. The Morgan fingerprint density at radius 1 is 1.71 bits per heavy atom. The second-order valence-corrected chi connectivity index (χ2v) is 1.83. The summed E-state index contributed by atoms with van der Waals surface area (Å²) in [6, 6.07) is 0. The van der Waals surface area contributed by atoms with Crippen molar-refractivity contribution < 1.29 is 0 Å². The van der Waals surface area contributed by atoms with Gasteiger partial charge in [0.25, 0.3) is 0 Å². The SMILES string of the molecule is [CH2]CCN(Cl)CC. The Kier molecular flexibility index (Phi) is 4.57. The fraction of sp³-hybridized carbons (Fsp3) is 0.800. The Balaban J connectivity index is 2.83. The molecule has 0 aromatic heterocycles. The van der Waals surface area contributed by atoms with Gasteiger partial charge in [-0.25, -0.2) is 4.42 Å². The van der Waals surface area contributed by atoms with Crippen LogP contribution in [0.4, 0.5) is 0 Å². The van der Waals surface area contributed by atoms with Crippen LogP contribution in [0.5, 0.6) is 0 Å². The molecule has 0 rings (SSSR count). The molecule has 0 atom stereocenters. The Hall–Kier alpha value is 0.250. The zero-order chi connectivity index (χ0) is 5.70. The van der Waals surface area contributed by atoms with Gasteiger partial charge >= 0.3 is 0 Å². The van der Waals surface area contributed by atoms with E-state index in [1.807, 2.05) is 6.92 Å². The van der Waals surface area contributed by atoms with Gasteiger partial charge in [0.05, 0.1) is 0 Å². The molecule has 7 heavy (non-hydrogen) atoms. The molecular formula is C5H11ClN. The summed E-state index contributed by atoms with van der Waals surface area (Å²) in [4.78, 5) is 0. The summed E-state index contributed by atoms with van der Waals surface area (Å²) in [6.07, 6.45) is 0.886. The number of hydrogen-bond acceptors (Lipinski definition) is 1. The van der Waals surface area contributed by atoms with Gasteiger partial charge in [0.15, 0.2) is 0 Å². The van der Waals surface area contributed by atoms with Crippen molar-refractivity contribution in [3.05, 3.63) is 6.92 Å². The number of hydrogen-bond donors (Lipinski definition) is 0. The predicted octanol–water partition coefficient (Wildman–Crippen LogP) is 1.69. The first-order valence-electron chi connectivity index (χ1n) is 2.51. The number of rotatable bonds is 3. The summed E-state index contributed by atoms with van der Waals surface area (Å²) in [5.41, 5.74) is 0. The molecular weight excluding hydrogens is 110 g/mol. The maximum Gasteiger partial charge on any atom is 0.0138 e. The molecule has 43 valence electrons. The average Bonchev–Trinajstić information content (AvgIpc) is 1.68. The van der Waals surface area contributed by atoms with Gasteiger partial charge in [-0.2, -0.15) is 0 Å². The first-order chi connectivity index (χ1) is 3.31. The lowest BCUT2D eigenvalue weighted by Crippen LogP contribution is -2.10. The lowest BCUT2D eigenvalue weighted by atomic mass is 10.5. The second-order valence-electron chi connectivity index (χ2n) is 1.36. The van der Waals surface area contributed by atoms with Crippen LogP contribution in [0.15, 0.2) is 0 Å². The normalized spacial score (nSPS) is 10.3. The predicted molar refractivity (Wildman–Crippen MR) is 33.1 cm³/mol. The van der Waals surface area contributed by atoms with Gasteiger partial charge in [-0.15, -0.1) is 0 Å². The molecule has 0 spiro atoms. The van der Waals surface area contributed by atoms with E-state index in [2.05, 4.69) is 6.92 Å².